The van der Waals surface area contributed by atoms with Gasteiger partial charge in [-0.2, -0.15) is 0 Å². The highest BCUT2D eigenvalue weighted by Gasteiger charge is 2.11. The summed E-state index contributed by atoms with van der Waals surface area (Å²) >= 11 is 0. The fraction of sp³-hybridized carbons (Fsp3) is 0.222. The highest BCUT2D eigenvalue weighted by Crippen LogP contribution is 2.19. The number of methoxy groups -OCH3 is 1. The molecule has 1 N–H and O–H groups in total. The SMILES string of the molecule is COc1ncc([N+](=O)[O-])cc1C#CCCNC(=O)OCc1ccccc1. The molecule has 8 nitrogen and oxygen atoms in total. The average molecular weight is 355 g/mol. The molecule has 0 fully saturated rings. The Bertz CT molecular complexity index is 828. The minimum Gasteiger partial charge on any atom is -0.480 e. The number of alkyl carbamates (subject to hydrolysis) is 1. The van der Waals surface area contributed by atoms with Crippen molar-refractivity contribution in [1.29, 1.82) is 0 Å². The molecule has 0 radical (unpaired) electrons. The van der Waals surface area contributed by atoms with Gasteiger partial charge in [0, 0.05) is 19.0 Å². The molecule has 0 unspecified atom stereocenters. The summed E-state index contributed by atoms with van der Waals surface area (Å²) in [4.78, 5) is 25.7. The second-order valence-corrected chi connectivity index (χ2v) is 5.05. The standard InChI is InChI=1S/C18H17N3O5/c1-25-17-15(11-16(12-20-17)21(23)24)9-5-6-10-19-18(22)26-13-14-7-3-2-4-8-14/h2-4,7-8,11-12H,6,10,13H2,1H3,(H,19,22). The second-order valence-electron chi connectivity index (χ2n) is 5.05. The maximum absolute atomic E-state index is 11.6. The quantitative estimate of drug-likeness (QED) is 0.370. The number of aromatic nitrogens is 1. The topological polar surface area (TPSA) is 104 Å². The van der Waals surface area contributed by atoms with Crippen LogP contribution in [-0.4, -0.2) is 29.7 Å². The van der Waals surface area contributed by atoms with Gasteiger partial charge in [0.15, 0.2) is 0 Å². The van der Waals surface area contributed by atoms with Crippen LogP contribution in [0.15, 0.2) is 42.6 Å². The normalized spacial score (nSPS) is 9.58. The molecule has 0 bridgehead atoms. The first-order valence-electron chi connectivity index (χ1n) is 7.72. The summed E-state index contributed by atoms with van der Waals surface area (Å²) in [5.74, 6) is 5.77. The van der Waals surface area contributed by atoms with E-state index in [1.807, 2.05) is 30.3 Å². The molecular weight excluding hydrogens is 338 g/mol. The molecule has 1 aromatic heterocycles. The summed E-state index contributed by atoms with van der Waals surface area (Å²) in [5.41, 5.74) is 1.04. The lowest BCUT2D eigenvalue weighted by molar-refractivity contribution is -0.385. The molecule has 1 heterocycles. The monoisotopic (exact) mass is 355 g/mol. The average Bonchev–Trinajstić information content (AvgIpc) is 2.66. The fourth-order valence-electron chi connectivity index (χ4n) is 1.95. The van der Waals surface area contributed by atoms with Crippen LogP contribution in [0.5, 0.6) is 5.88 Å². The van der Waals surface area contributed by atoms with Crippen molar-refractivity contribution in [3.05, 3.63) is 63.8 Å². The van der Waals surface area contributed by atoms with Gasteiger partial charge in [-0.3, -0.25) is 10.1 Å². The van der Waals surface area contributed by atoms with E-state index in [-0.39, 0.29) is 24.7 Å². The number of carbonyl (C=O) groups is 1. The van der Waals surface area contributed by atoms with Crippen LogP contribution in [0.25, 0.3) is 0 Å². The lowest BCUT2D eigenvalue weighted by atomic mass is 10.2. The Morgan fingerprint density at radius 2 is 2.12 bits per heavy atom. The first-order valence-corrected chi connectivity index (χ1v) is 7.72. The number of nitro groups is 1. The van der Waals surface area contributed by atoms with E-state index in [2.05, 4.69) is 22.1 Å². The summed E-state index contributed by atoms with van der Waals surface area (Å²) < 4.78 is 10.1. The van der Waals surface area contributed by atoms with Gasteiger partial charge in [0.2, 0.25) is 5.88 Å². The van der Waals surface area contributed by atoms with Crippen molar-refractivity contribution in [2.45, 2.75) is 13.0 Å². The van der Waals surface area contributed by atoms with Gasteiger partial charge in [0.05, 0.1) is 17.6 Å². The van der Waals surface area contributed by atoms with Crippen LogP contribution in [0, 0.1) is 22.0 Å². The summed E-state index contributed by atoms with van der Waals surface area (Å²) in [5, 5.41) is 13.4. The van der Waals surface area contributed by atoms with Crippen LogP contribution in [0.1, 0.15) is 17.5 Å². The second kappa shape index (κ2) is 9.64. The number of ether oxygens (including phenoxy) is 2. The molecule has 0 aliphatic heterocycles. The molecule has 8 heteroatoms. The number of benzene rings is 1. The Labute approximate surface area is 150 Å². The van der Waals surface area contributed by atoms with Crippen LogP contribution in [0.3, 0.4) is 0 Å². The van der Waals surface area contributed by atoms with Crippen molar-refractivity contribution in [3.63, 3.8) is 0 Å². The predicted molar refractivity (Wildman–Crippen MR) is 93.6 cm³/mol. The molecule has 0 atom stereocenters. The van der Waals surface area contributed by atoms with Gasteiger partial charge < -0.3 is 14.8 Å². The van der Waals surface area contributed by atoms with E-state index < -0.39 is 11.0 Å². The lowest BCUT2D eigenvalue weighted by Gasteiger charge is -2.05. The van der Waals surface area contributed by atoms with Gasteiger partial charge in [-0.25, -0.2) is 9.78 Å². The number of rotatable bonds is 6. The van der Waals surface area contributed by atoms with Crippen molar-refractivity contribution >= 4 is 11.8 Å². The minimum absolute atomic E-state index is 0.169. The number of pyridine rings is 1. The van der Waals surface area contributed by atoms with Gasteiger partial charge in [-0.15, -0.1) is 0 Å². The fourth-order valence-corrected chi connectivity index (χ4v) is 1.95. The summed E-state index contributed by atoms with van der Waals surface area (Å²) in [7, 11) is 1.41. The maximum Gasteiger partial charge on any atom is 0.407 e. The Balaban J connectivity index is 1.80. The number of carbonyl (C=O) groups excluding carboxylic acids is 1. The third kappa shape index (κ3) is 5.79. The van der Waals surface area contributed by atoms with E-state index in [9.17, 15) is 14.9 Å². The summed E-state index contributed by atoms with van der Waals surface area (Å²) in [6.07, 6.45) is 0.908. The van der Waals surface area contributed by atoms with Crippen molar-refractivity contribution in [2.24, 2.45) is 0 Å². The Morgan fingerprint density at radius 1 is 1.35 bits per heavy atom. The maximum atomic E-state index is 11.6. The van der Waals surface area contributed by atoms with E-state index in [4.69, 9.17) is 9.47 Å². The molecule has 26 heavy (non-hydrogen) atoms. The summed E-state index contributed by atoms with van der Waals surface area (Å²) in [6, 6.07) is 10.6. The zero-order chi connectivity index (χ0) is 18.8. The number of amides is 1. The van der Waals surface area contributed by atoms with Crippen LogP contribution in [0.2, 0.25) is 0 Å². The Morgan fingerprint density at radius 3 is 2.81 bits per heavy atom. The van der Waals surface area contributed by atoms with Gasteiger partial charge in [0.1, 0.15) is 12.8 Å². The molecule has 2 rings (SSSR count). The largest absolute Gasteiger partial charge is 0.480 e. The van der Waals surface area contributed by atoms with Crippen LogP contribution in [0.4, 0.5) is 10.5 Å². The minimum atomic E-state index is -0.554. The molecule has 0 aliphatic rings. The molecular formula is C18H17N3O5. The molecule has 1 amide bonds. The summed E-state index contributed by atoms with van der Waals surface area (Å²) in [6.45, 7) is 0.472. The van der Waals surface area contributed by atoms with Gasteiger partial charge >= 0.3 is 6.09 Å². The first-order chi connectivity index (χ1) is 12.6. The van der Waals surface area contributed by atoms with Gasteiger partial charge in [0.25, 0.3) is 5.69 Å². The number of hydrogen-bond acceptors (Lipinski definition) is 6. The van der Waals surface area contributed by atoms with Crippen LogP contribution < -0.4 is 10.1 Å². The lowest BCUT2D eigenvalue weighted by Crippen LogP contribution is -2.24. The van der Waals surface area contributed by atoms with E-state index in [1.165, 1.54) is 13.2 Å². The van der Waals surface area contributed by atoms with Gasteiger partial charge in [-0.05, 0) is 5.56 Å². The third-order valence-electron chi connectivity index (χ3n) is 3.20. The van der Waals surface area contributed by atoms with Crippen molar-refractivity contribution < 1.29 is 19.2 Å². The highest BCUT2D eigenvalue weighted by molar-refractivity contribution is 5.67. The highest BCUT2D eigenvalue weighted by atomic mass is 16.6. The Kier molecular flexibility index (Phi) is 6.94. The Hall–Kier alpha value is -3.60. The van der Waals surface area contributed by atoms with E-state index >= 15 is 0 Å². The molecule has 2 aromatic rings. The van der Waals surface area contributed by atoms with Crippen molar-refractivity contribution in [1.82, 2.24) is 10.3 Å². The van der Waals surface area contributed by atoms with Crippen LogP contribution >= 0.6 is 0 Å². The van der Waals surface area contributed by atoms with E-state index in [0.717, 1.165) is 11.8 Å². The molecule has 0 aliphatic carbocycles. The number of nitrogens with one attached hydrogen (secondary N) is 1. The van der Waals surface area contributed by atoms with Crippen molar-refractivity contribution in [3.8, 4) is 17.7 Å². The van der Waals surface area contributed by atoms with Crippen molar-refractivity contribution in [2.75, 3.05) is 13.7 Å². The zero-order valence-corrected chi connectivity index (χ0v) is 14.1. The molecule has 0 saturated carbocycles. The third-order valence-corrected chi connectivity index (χ3v) is 3.20. The molecule has 134 valence electrons. The van der Waals surface area contributed by atoms with E-state index in [0.29, 0.717) is 12.0 Å². The molecule has 0 spiro atoms. The number of nitrogens with zero attached hydrogens (tertiary/aromatic N) is 2. The van der Waals surface area contributed by atoms with E-state index in [1.54, 1.807) is 0 Å². The number of hydrogen-bond donors (Lipinski definition) is 1. The van der Waals surface area contributed by atoms with Gasteiger partial charge in [-0.1, -0.05) is 42.2 Å². The molecule has 1 aromatic carbocycles. The van der Waals surface area contributed by atoms with Crippen LogP contribution in [-0.2, 0) is 11.3 Å². The smallest absolute Gasteiger partial charge is 0.407 e. The predicted octanol–water partition coefficient (Wildman–Crippen LogP) is 2.67. The zero-order valence-electron chi connectivity index (χ0n) is 14.1. The first kappa shape index (κ1) is 18.7. The molecule has 0 saturated heterocycles.